The molecule has 3 rings (SSSR count). The average molecular weight is 385 g/mol. The van der Waals surface area contributed by atoms with Crippen molar-refractivity contribution in [1.82, 2.24) is 14.9 Å². The Hall–Kier alpha value is -2.87. The molecule has 27 heavy (non-hydrogen) atoms. The molecule has 8 heteroatoms. The molecule has 0 radical (unpaired) electrons. The zero-order valence-corrected chi connectivity index (χ0v) is 16.0. The van der Waals surface area contributed by atoms with E-state index in [-0.39, 0.29) is 11.7 Å². The summed E-state index contributed by atoms with van der Waals surface area (Å²) in [6.07, 6.45) is 0. The van der Waals surface area contributed by atoms with E-state index in [1.165, 1.54) is 28.6 Å². The SMILES string of the molecule is Cc1ccc(NC(=O)[C@@H](C)Sc2nnc(-c3ccc(F)cc3)n2N)c(C)c1. The molecule has 0 fully saturated rings. The number of carbonyl (C=O) groups is 1. The molecule has 0 saturated heterocycles. The van der Waals surface area contributed by atoms with Crippen LogP contribution in [-0.2, 0) is 4.79 Å². The monoisotopic (exact) mass is 385 g/mol. The Balaban J connectivity index is 1.71. The third-order valence-electron chi connectivity index (χ3n) is 4.06. The molecule has 1 atom stereocenters. The van der Waals surface area contributed by atoms with Crippen molar-refractivity contribution in [2.45, 2.75) is 31.2 Å². The van der Waals surface area contributed by atoms with Crippen LogP contribution in [0.2, 0.25) is 0 Å². The van der Waals surface area contributed by atoms with E-state index < -0.39 is 5.25 Å². The van der Waals surface area contributed by atoms with Gasteiger partial charge in [0.1, 0.15) is 5.82 Å². The van der Waals surface area contributed by atoms with Crippen molar-refractivity contribution < 1.29 is 9.18 Å². The standard InChI is InChI=1S/C19H20FN5OS/c1-11-4-9-16(12(2)10-11)22-18(26)13(3)27-19-24-23-17(25(19)21)14-5-7-15(20)8-6-14/h4-10,13H,21H2,1-3H3,(H,22,26)/t13-/m1/s1. The third kappa shape index (κ3) is 4.28. The minimum Gasteiger partial charge on any atom is -0.335 e. The van der Waals surface area contributed by atoms with Gasteiger partial charge in [0, 0.05) is 11.3 Å². The lowest BCUT2D eigenvalue weighted by molar-refractivity contribution is -0.115. The number of hydrogen-bond donors (Lipinski definition) is 2. The maximum absolute atomic E-state index is 13.1. The van der Waals surface area contributed by atoms with Crippen molar-refractivity contribution in [2.24, 2.45) is 0 Å². The number of carbonyl (C=O) groups excluding carboxylic acids is 1. The van der Waals surface area contributed by atoms with Gasteiger partial charge in [0.25, 0.3) is 0 Å². The Labute approximate surface area is 161 Å². The van der Waals surface area contributed by atoms with Gasteiger partial charge in [-0.05, 0) is 56.7 Å². The number of amides is 1. The van der Waals surface area contributed by atoms with E-state index in [1.54, 1.807) is 19.1 Å². The Morgan fingerprint density at radius 3 is 2.56 bits per heavy atom. The van der Waals surface area contributed by atoms with Crippen molar-refractivity contribution in [2.75, 3.05) is 11.2 Å². The third-order valence-corrected chi connectivity index (χ3v) is 5.11. The van der Waals surface area contributed by atoms with Gasteiger partial charge >= 0.3 is 0 Å². The van der Waals surface area contributed by atoms with Gasteiger partial charge in [-0.25, -0.2) is 9.07 Å². The van der Waals surface area contributed by atoms with Crippen LogP contribution in [0.15, 0.2) is 47.6 Å². The van der Waals surface area contributed by atoms with Crippen molar-refractivity contribution in [3.8, 4) is 11.4 Å². The molecule has 0 aliphatic rings. The van der Waals surface area contributed by atoms with Crippen LogP contribution in [0.4, 0.5) is 10.1 Å². The van der Waals surface area contributed by atoms with Crippen molar-refractivity contribution in [3.63, 3.8) is 0 Å². The minimum absolute atomic E-state index is 0.154. The van der Waals surface area contributed by atoms with Crippen LogP contribution in [0.3, 0.4) is 0 Å². The summed E-state index contributed by atoms with van der Waals surface area (Å²) in [5.41, 5.74) is 3.56. The molecule has 140 valence electrons. The molecule has 1 aromatic heterocycles. The fourth-order valence-corrected chi connectivity index (χ4v) is 3.32. The number of thioether (sulfide) groups is 1. The first kappa shape index (κ1) is 18.9. The lowest BCUT2D eigenvalue weighted by atomic mass is 10.1. The lowest BCUT2D eigenvalue weighted by Crippen LogP contribution is -2.24. The van der Waals surface area contributed by atoms with Crippen LogP contribution in [0.1, 0.15) is 18.1 Å². The molecule has 0 bridgehead atoms. The van der Waals surface area contributed by atoms with Crippen LogP contribution >= 0.6 is 11.8 Å². The van der Waals surface area contributed by atoms with Gasteiger partial charge in [0.15, 0.2) is 5.82 Å². The summed E-state index contributed by atoms with van der Waals surface area (Å²) in [5.74, 6) is 5.97. The zero-order valence-electron chi connectivity index (χ0n) is 15.2. The maximum Gasteiger partial charge on any atom is 0.237 e. The van der Waals surface area contributed by atoms with Gasteiger partial charge < -0.3 is 11.2 Å². The van der Waals surface area contributed by atoms with Crippen molar-refractivity contribution in [3.05, 3.63) is 59.4 Å². The van der Waals surface area contributed by atoms with Crippen LogP contribution in [0.25, 0.3) is 11.4 Å². The fourth-order valence-electron chi connectivity index (χ4n) is 2.55. The van der Waals surface area contributed by atoms with Crippen LogP contribution in [-0.4, -0.2) is 26.0 Å². The summed E-state index contributed by atoms with van der Waals surface area (Å²) in [7, 11) is 0. The molecule has 0 unspecified atom stereocenters. The normalized spacial score (nSPS) is 12.0. The van der Waals surface area contributed by atoms with Crippen molar-refractivity contribution >= 4 is 23.4 Å². The van der Waals surface area contributed by atoms with Crippen LogP contribution in [0, 0.1) is 19.7 Å². The first-order chi connectivity index (χ1) is 12.8. The Bertz CT molecular complexity index is 971. The van der Waals surface area contributed by atoms with E-state index in [0.29, 0.717) is 16.5 Å². The van der Waals surface area contributed by atoms with Gasteiger partial charge in [0.05, 0.1) is 5.25 Å². The number of aromatic nitrogens is 3. The van der Waals surface area contributed by atoms with Gasteiger partial charge in [0.2, 0.25) is 11.1 Å². The molecule has 0 aliphatic carbocycles. The number of nitrogen functional groups attached to an aromatic ring is 1. The first-order valence-corrected chi connectivity index (χ1v) is 9.24. The highest BCUT2D eigenvalue weighted by Crippen LogP contribution is 2.26. The van der Waals surface area contributed by atoms with E-state index in [0.717, 1.165) is 16.8 Å². The molecule has 0 spiro atoms. The number of nitrogens with zero attached hydrogens (tertiary/aromatic N) is 3. The van der Waals surface area contributed by atoms with Crippen LogP contribution in [0.5, 0.6) is 0 Å². The van der Waals surface area contributed by atoms with Gasteiger partial charge in [-0.15, -0.1) is 10.2 Å². The largest absolute Gasteiger partial charge is 0.335 e. The fraction of sp³-hybridized carbons (Fsp3) is 0.211. The van der Waals surface area contributed by atoms with E-state index in [4.69, 9.17) is 5.84 Å². The van der Waals surface area contributed by atoms with Crippen LogP contribution < -0.4 is 11.2 Å². The lowest BCUT2D eigenvalue weighted by Gasteiger charge is -2.13. The summed E-state index contributed by atoms with van der Waals surface area (Å²) in [6.45, 7) is 5.73. The smallest absolute Gasteiger partial charge is 0.237 e. The van der Waals surface area contributed by atoms with Crippen molar-refractivity contribution in [1.29, 1.82) is 0 Å². The molecular weight excluding hydrogens is 365 g/mol. The van der Waals surface area contributed by atoms with Gasteiger partial charge in [-0.2, -0.15) is 0 Å². The Kier molecular flexibility index (Phi) is 5.46. The molecule has 0 saturated carbocycles. The molecular formula is C19H20FN5OS. The van der Waals surface area contributed by atoms with E-state index in [1.807, 2.05) is 32.0 Å². The Morgan fingerprint density at radius 2 is 1.89 bits per heavy atom. The Morgan fingerprint density at radius 1 is 1.19 bits per heavy atom. The predicted octanol–water partition coefficient (Wildman–Crippen LogP) is 3.53. The van der Waals surface area contributed by atoms with E-state index >= 15 is 0 Å². The number of rotatable bonds is 5. The highest BCUT2D eigenvalue weighted by molar-refractivity contribution is 8.00. The average Bonchev–Trinajstić information content (AvgIpc) is 2.98. The van der Waals surface area contributed by atoms with E-state index in [9.17, 15) is 9.18 Å². The molecule has 6 nitrogen and oxygen atoms in total. The highest BCUT2D eigenvalue weighted by atomic mass is 32.2. The summed E-state index contributed by atoms with van der Waals surface area (Å²) in [5, 5.41) is 11.0. The molecule has 1 amide bonds. The maximum atomic E-state index is 13.1. The number of nitrogens with two attached hydrogens (primary N) is 1. The second-order valence-corrected chi connectivity index (χ2v) is 7.56. The number of halogens is 1. The summed E-state index contributed by atoms with van der Waals surface area (Å²) >= 11 is 1.20. The molecule has 1 heterocycles. The number of hydrogen-bond acceptors (Lipinski definition) is 5. The zero-order chi connectivity index (χ0) is 19.6. The van der Waals surface area contributed by atoms with Gasteiger partial charge in [-0.1, -0.05) is 29.5 Å². The quantitative estimate of drug-likeness (QED) is 0.518. The number of benzene rings is 2. The number of aryl methyl sites for hydroxylation is 2. The second-order valence-electron chi connectivity index (χ2n) is 6.25. The van der Waals surface area contributed by atoms with E-state index in [2.05, 4.69) is 15.5 Å². The summed E-state index contributed by atoms with van der Waals surface area (Å²) in [6, 6.07) is 11.7. The predicted molar refractivity (Wildman–Crippen MR) is 105 cm³/mol. The molecule has 3 aromatic rings. The summed E-state index contributed by atoms with van der Waals surface area (Å²) < 4.78 is 14.4. The summed E-state index contributed by atoms with van der Waals surface area (Å²) in [4.78, 5) is 12.5. The second kappa shape index (κ2) is 7.79. The number of anilines is 1. The minimum atomic E-state index is -0.432. The topological polar surface area (TPSA) is 85.8 Å². The molecule has 3 N–H and O–H groups in total. The highest BCUT2D eigenvalue weighted by Gasteiger charge is 2.20. The first-order valence-electron chi connectivity index (χ1n) is 8.36. The van der Waals surface area contributed by atoms with Gasteiger partial charge in [-0.3, -0.25) is 4.79 Å². The number of nitrogens with one attached hydrogen (secondary N) is 1. The molecule has 0 aliphatic heterocycles. The molecule has 2 aromatic carbocycles.